The molecule has 0 bridgehead atoms. The summed E-state index contributed by atoms with van der Waals surface area (Å²) in [6, 6.07) is 7.96. The van der Waals surface area contributed by atoms with Crippen molar-refractivity contribution < 1.29 is 9.53 Å². The molecule has 0 heterocycles. The average molecular weight is 261 g/mol. The summed E-state index contributed by atoms with van der Waals surface area (Å²) in [5.41, 5.74) is 1.40. The number of rotatable bonds is 5. The van der Waals surface area contributed by atoms with E-state index in [9.17, 15) is 4.79 Å². The maximum absolute atomic E-state index is 11.5. The highest BCUT2D eigenvalue weighted by atomic mass is 16.5. The van der Waals surface area contributed by atoms with Gasteiger partial charge in [-0.05, 0) is 41.9 Å². The molecule has 1 aliphatic rings. The van der Waals surface area contributed by atoms with Crippen LogP contribution < -0.4 is 10.1 Å². The molecule has 1 aromatic carbocycles. The first-order valence-corrected chi connectivity index (χ1v) is 6.95. The number of ether oxygens (including phenoxy) is 1. The Morgan fingerprint density at radius 2 is 1.89 bits per heavy atom. The van der Waals surface area contributed by atoms with Gasteiger partial charge in [0.15, 0.2) is 6.61 Å². The first-order chi connectivity index (χ1) is 8.95. The van der Waals surface area contributed by atoms with E-state index in [2.05, 4.69) is 38.2 Å². The summed E-state index contributed by atoms with van der Waals surface area (Å²) in [7, 11) is 0. The quantitative estimate of drug-likeness (QED) is 0.885. The van der Waals surface area contributed by atoms with Crippen molar-refractivity contribution in [3.05, 3.63) is 29.8 Å². The molecule has 1 saturated carbocycles. The van der Waals surface area contributed by atoms with Gasteiger partial charge in [0.2, 0.25) is 0 Å². The Kier molecular flexibility index (Phi) is 4.13. The Labute approximate surface area is 115 Å². The SMILES string of the molecule is CC(C)(C)c1ccc(OCC(=O)NCC2CC2)cc1. The van der Waals surface area contributed by atoms with Crippen molar-refractivity contribution in [1.29, 1.82) is 0 Å². The smallest absolute Gasteiger partial charge is 0.257 e. The monoisotopic (exact) mass is 261 g/mol. The Hall–Kier alpha value is -1.51. The fourth-order valence-electron chi connectivity index (χ4n) is 1.83. The van der Waals surface area contributed by atoms with Crippen LogP contribution in [0, 0.1) is 5.92 Å². The molecule has 3 heteroatoms. The van der Waals surface area contributed by atoms with Crippen LogP contribution in [0.15, 0.2) is 24.3 Å². The summed E-state index contributed by atoms with van der Waals surface area (Å²) in [5.74, 6) is 1.41. The van der Waals surface area contributed by atoms with Gasteiger partial charge in [0, 0.05) is 6.54 Å². The molecule has 1 aromatic rings. The molecule has 0 saturated heterocycles. The van der Waals surface area contributed by atoms with Gasteiger partial charge >= 0.3 is 0 Å². The van der Waals surface area contributed by atoms with Crippen molar-refractivity contribution in [3.63, 3.8) is 0 Å². The third-order valence-corrected chi connectivity index (χ3v) is 3.38. The van der Waals surface area contributed by atoms with E-state index in [1.54, 1.807) is 0 Å². The molecule has 0 aliphatic heterocycles. The standard InChI is InChI=1S/C16H23NO2/c1-16(2,3)13-6-8-14(9-7-13)19-11-15(18)17-10-12-4-5-12/h6-9,12H,4-5,10-11H2,1-3H3,(H,17,18). The number of carbonyl (C=O) groups excluding carboxylic acids is 1. The van der Waals surface area contributed by atoms with Gasteiger partial charge in [-0.2, -0.15) is 0 Å². The number of carbonyl (C=O) groups is 1. The van der Waals surface area contributed by atoms with Gasteiger partial charge in [0.05, 0.1) is 0 Å². The lowest BCUT2D eigenvalue weighted by molar-refractivity contribution is -0.123. The summed E-state index contributed by atoms with van der Waals surface area (Å²) >= 11 is 0. The highest BCUT2D eigenvalue weighted by Gasteiger charge is 2.21. The molecule has 1 N–H and O–H groups in total. The average Bonchev–Trinajstić information content (AvgIpc) is 3.17. The summed E-state index contributed by atoms with van der Waals surface area (Å²) < 4.78 is 5.48. The van der Waals surface area contributed by atoms with E-state index in [1.807, 2.05) is 12.1 Å². The minimum absolute atomic E-state index is 0.0354. The van der Waals surface area contributed by atoms with Crippen LogP contribution >= 0.6 is 0 Å². The van der Waals surface area contributed by atoms with E-state index < -0.39 is 0 Å². The third-order valence-electron chi connectivity index (χ3n) is 3.38. The minimum atomic E-state index is -0.0354. The zero-order chi connectivity index (χ0) is 13.9. The number of amides is 1. The molecule has 3 nitrogen and oxygen atoms in total. The first kappa shape index (κ1) is 13.9. The Balaban J connectivity index is 1.77. The van der Waals surface area contributed by atoms with Crippen molar-refractivity contribution >= 4 is 5.91 Å². The van der Waals surface area contributed by atoms with Crippen molar-refractivity contribution in [2.24, 2.45) is 5.92 Å². The van der Waals surface area contributed by atoms with Crippen LogP contribution in [0.5, 0.6) is 5.75 Å². The van der Waals surface area contributed by atoms with E-state index in [0.29, 0.717) is 5.92 Å². The van der Waals surface area contributed by atoms with E-state index in [-0.39, 0.29) is 17.9 Å². The predicted octanol–water partition coefficient (Wildman–Crippen LogP) is 2.89. The van der Waals surface area contributed by atoms with Crippen molar-refractivity contribution in [2.45, 2.75) is 39.0 Å². The molecular formula is C16H23NO2. The normalized spacial score (nSPS) is 15.1. The van der Waals surface area contributed by atoms with Gasteiger partial charge in [-0.15, -0.1) is 0 Å². The van der Waals surface area contributed by atoms with Crippen molar-refractivity contribution in [3.8, 4) is 5.75 Å². The van der Waals surface area contributed by atoms with Crippen LogP contribution in [-0.2, 0) is 10.2 Å². The summed E-state index contributed by atoms with van der Waals surface area (Å²) in [6.45, 7) is 7.42. The number of hydrogen-bond donors (Lipinski definition) is 1. The fraction of sp³-hybridized carbons (Fsp3) is 0.562. The zero-order valence-corrected chi connectivity index (χ0v) is 12.0. The molecule has 104 valence electrons. The molecular weight excluding hydrogens is 238 g/mol. The highest BCUT2D eigenvalue weighted by Crippen LogP contribution is 2.27. The molecule has 1 fully saturated rings. The van der Waals surface area contributed by atoms with Gasteiger partial charge in [-0.1, -0.05) is 32.9 Å². The van der Waals surface area contributed by atoms with Gasteiger partial charge in [-0.3, -0.25) is 4.79 Å². The molecule has 1 amide bonds. The van der Waals surface area contributed by atoms with Crippen LogP contribution in [-0.4, -0.2) is 19.1 Å². The maximum atomic E-state index is 11.5. The molecule has 1 aliphatic carbocycles. The van der Waals surface area contributed by atoms with Gasteiger partial charge in [-0.25, -0.2) is 0 Å². The van der Waals surface area contributed by atoms with E-state index >= 15 is 0 Å². The van der Waals surface area contributed by atoms with Crippen LogP contribution in [0.4, 0.5) is 0 Å². The van der Waals surface area contributed by atoms with Crippen LogP contribution in [0.2, 0.25) is 0 Å². The molecule has 0 spiro atoms. The molecule has 0 unspecified atom stereocenters. The lowest BCUT2D eigenvalue weighted by Gasteiger charge is -2.19. The van der Waals surface area contributed by atoms with E-state index in [1.165, 1.54) is 18.4 Å². The van der Waals surface area contributed by atoms with Crippen LogP contribution in [0.1, 0.15) is 39.2 Å². The summed E-state index contributed by atoms with van der Waals surface area (Å²) in [6.07, 6.45) is 2.49. The highest BCUT2D eigenvalue weighted by molar-refractivity contribution is 5.77. The van der Waals surface area contributed by atoms with Gasteiger partial charge < -0.3 is 10.1 Å². The lowest BCUT2D eigenvalue weighted by Crippen LogP contribution is -2.30. The zero-order valence-electron chi connectivity index (χ0n) is 12.0. The first-order valence-electron chi connectivity index (χ1n) is 6.95. The second-order valence-corrected chi connectivity index (χ2v) is 6.31. The van der Waals surface area contributed by atoms with Gasteiger partial charge in [0.1, 0.15) is 5.75 Å². The number of hydrogen-bond acceptors (Lipinski definition) is 2. The van der Waals surface area contributed by atoms with Crippen LogP contribution in [0.3, 0.4) is 0 Å². The molecule has 19 heavy (non-hydrogen) atoms. The number of benzene rings is 1. The third kappa shape index (κ3) is 4.58. The summed E-state index contributed by atoms with van der Waals surface area (Å²) in [5, 5.41) is 2.89. The van der Waals surface area contributed by atoms with Crippen molar-refractivity contribution in [2.75, 3.05) is 13.2 Å². The maximum Gasteiger partial charge on any atom is 0.257 e. The fourth-order valence-corrected chi connectivity index (χ4v) is 1.83. The second kappa shape index (κ2) is 5.64. The largest absolute Gasteiger partial charge is 0.484 e. The number of nitrogens with one attached hydrogen (secondary N) is 1. The molecule has 0 radical (unpaired) electrons. The Morgan fingerprint density at radius 3 is 2.42 bits per heavy atom. The molecule has 0 aromatic heterocycles. The molecule has 0 atom stereocenters. The van der Waals surface area contributed by atoms with E-state index in [4.69, 9.17) is 4.74 Å². The van der Waals surface area contributed by atoms with E-state index in [0.717, 1.165) is 12.3 Å². The van der Waals surface area contributed by atoms with Gasteiger partial charge in [0.25, 0.3) is 5.91 Å². The van der Waals surface area contributed by atoms with Crippen LogP contribution in [0.25, 0.3) is 0 Å². The molecule has 2 rings (SSSR count). The second-order valence-electron chi connectivity index (χ2n) is 6.31. The lowest BCUT2D eigenvalue weighted by atomic mass is 9.87. The van der Waals surface area contributed by atoms with Crippen molar-refractivity contribution in [1.82, 2.24) is 5.32 Å². The Morgan fingerprint density at radius 1 is 1.26 bits per heavy atom. The topological polar surface area (TPSA) is 38.3 Å². The summed E-state index contributed by atoms with van der Waals surface area (Å²) in [4.78, 5) is 11.5. The predicted molar refractivity (Wildman–Crippen MR) is 76.4 cm³/mol. The minimum Gasteiger partial charge on any atom is -0.484 e. The Bertz CT molecular complexity index is 427.